The Morgan fingerprint density at radius 2 is 2.03 bits per heavy atom. The van der Waals surface area contributed by atoms with E-state index in [2.05, 4.69) is 22.2 Å². The quantitative estimate of drug-likeness (QED) is 0.566. The van der Waals surface area contributed by atoms with Crippen LogP contribution in [0.4, 0.5) is 0 Å². The van der Waals surface area contributed by atoms with Crippen LogP contribution in [0.2, 0.25) is 0 Å². The third kappa shape index (κ3) is 5.29. The maximum atomic E-state index is 11.4. The second-order valence-electron chi connectivity index (χ2n) is 8.04. The number of aryl methyl sites for hydroxylation is 4. The molecule has 0 amide bonds. The van der Waals surface area contributed by atoms with Crippen molar-refractivity contribution in [3.63, 3.8) is 0 Å². The molecule has 0 spiro atoms. The van der Waals surface area contributed by atoms with Crippen molar-refractivity contribution in [1.82, 2.24) is 19.7 Å². The van der Waals surface area contributed by atoms with Crippen molar-refractivity contribution >= 4 is 5.97 Å². The van der Waals surface area contributed by atoms with Crippen molar-refractivity contribution in [3.05, 3.63) is 70.9 Å². The van der Waals surface area contributed by atoms with Gasteiger partial charge in [0.1, 0.15) is 0 Å². The Labute approximate surface area is 182 Å². The highest BCUT2D eigenvalue weighted by Crippen LogP contribution is 2.28. The summed E-state index contributed by atoms with van der Waals surface area (Å²) in [5.41, 5.74) is 5.53. The molecular weight excluding hydrogens is 392 g/mol. The van der Waals surface area contributed by atoms with Gasteiger partial charge in [-0.2, -0.15) is 5.10 Å². The molecule has 31 heavy (non-hydrogen) atoms. The molecule has 0 saturated carbocycles. The average Bonchev–Trinajstić information content (AvgIpc) is 3.26. The molecule has 1 aliphatic carbocycles. The number of fused-ring (bicyclic) bond motifs is 1. The van der Waals surface area contributed by atoms with E-state index in [9.17, 15) is 9.90 Å². The standard InChI is InChI=1S/C24H28N4O3/c1-31-23-11-9-18(14-25-23)21(13-24(29)30)19-15-26-28(16-19)12-4-6-20-10-8-17-5-2-3-7-22(17)27-20/h8-11,14-16,21H,2-7,12-13H2,1H3,(H,29,30)/t21-/m0/s1. The van der Waals surface area contributed by atoms with Crippen LogP contribution in [0.1, 0.15) is 59.7 Å². The van der Waals surface area contributed by atoms with E-state index >= 15 is 0 Å². The third-order valence-corrected chi connectivity index (χ3v) is 5.86. The SMILES string of the molecule is COc1ccc([C@H](CC(=O)O)c2cnn(CCCc3ccc4c(n3)CCCC4)c2)cn1. The molecule has 1 aliphatic rings. The molecule has 3 aromatic rings. The van der Waals surface area contributed by atoms with Crippen molar-refractivity contribution in [2.45, 2.75) is 57.4 Å². The number of aromatic nitrogens is 4. The lowest BCUT2D eigenvalue weighted by atomic mass is 9.92. The molecule has 1 atom stereocenters. The Balaban J connectivity index is 1.40. The summed E-state index contributed by atoms with van der Waals surface area (Å²) in [4.78, 5) is 20.5. The van der Waals surface area contributed by atoms with Crippen molar-refractivity contribution in [1.29, 1.82) is 0 Å². The minimum Gasteiger partial charge on any atom is -0.481 e. The molecule has 1 N–H and O–H groups in total. The number of ether oxygens (including phenoxy) is 1. The van der Waals surface area contributed by atoms with Crippen LogP contribution in [0.15, 0.2) is 42.9 Å². The van der Waals surface area contributed by atoms with Gasteiger partial charge in [-0.05, 0) is 61.3 Å². The fourth-order valence-electron chi connectivity index (χ4n) is 4.19. The van der Waals surface area contributed by atoms with Gasteiger partial charge in [-0.3, -0.25) is 14.5 Å². The molecule has 3 aromatic heterocycles. The lowest BCUT2D eigenvalue weighted by molar-refractivity contribution is -0.137. The summed E-state index contributed by atoms with van der Waals surface area (Å²) in [5.74, 6) is -0.650. The van der Waals surface area contributed by atoms with Crippen molar-refractivity contribution in [2.75, 3.05) is 7.11 Å². The van der Waals surface area contributed by atoms with E-state index in [1.165, 1.54) is 24.1 Å². The van der Waals surface area contributed by atoms with E-state index in [4.69, 9.17) is 9.72 Å². The molecule has 0 aliphatic heterocycles. The zero-order valence-corrected chi connectivity index (χ0v) is 17.8. The smallest absolute Gasteiger partial charge is 0.304 e. The molecule has 4 rings (SSSR count). The number of carboxylic acid groups (broad SMARTS) is 1. The number of rotatable bonds is 9. The van der Waals surface area contributed by atoms with Crippen LogP contribution in [0, 0.1) is 0 Å². The van der Waals surface area contributed by atoms with Gasteiger partial charge in [-0.1, -0.05) is 12.1 Å². The predicted molar refractivity (Wildman–Crippen MR) is 116 cm³/mol. The molecule has 0 bridgehead atoms. The normalized spacial score (nSPS) is 14.1. The first kappa shape index (κ1) is 21.0. The fraction of sp³-hybridized carbons (Fsp3) is 0.417. The minimum atomic E-state index is -0.855. The summed E-state index contributed by atoms with van der Waals surface area (Å²) in [5, 5.41) is 13.8. The van der Waals surface area contributed by atoms with Gasteiger partial charge in [0.25, 0.3) is 0 Å². The molecule has 0 saturated heterocycles. The van der Waals surface area contributed by atoms with Gasteiger partial charge in [-0.15, -0.1) is 0 Å². The van der Waals surface area contributed by atoms with E-state index in [0.717, 1.165) is 49.0 Å². The van der Waals surface area contributed by atoms with Crippen LogP contribution in [0.25, 0.3) is 0 Å². The molecule has 0 radical (unpaired) electrons. The van der Waals surface area contributed by atoms with Gasteiger partial charge < -0.3 is 9.84 Å². The van der Waals surface area contributed by atoms with Gasteiger partial charge in [0.2, 0.25) is 5.88 Å². The summed E-state index contributed by atoms with van der Waals surface area (Å²) in [6, 6.07) is 8.00. The third-order valence-electron chi connectivity index (χ3n) is 5.86. The maximum Gasteiger partial charge on any atom is 0.304 e. The number of hydrogen-bond acceptors (Lipinski definition) is 5. The number of aliphatic carboxylic acids is 1. The van der Waals surface area contributed by atoms with Gasteiger partial charge in [0.15, 0.2) is 0 Å². The summed E-state index contributed by atoms with van der Waals surface area (Å²) < 4.78 is 6.99. The molecule has 162 valence electrons. The molecule has 3 heterocycles. The predicted octanol–water partition coefficient (Wildman–Crippen LogP) is 3.80. The zero-order chi connectivity index (χ0) is 21.6. The molecule has 0 unspecified atom stereocenters. The first-order valence-corrected chi connectivity index (χ1v) is 10.8. The molecule has 7 heteroatoms. The molecule has 7 nitrogen and oxygen atoms in total. The van der Waals surface area contributed by atoms with Crippen LogP contribution < -0.4 is 4.74 Å². The van der Waals surface area contributed by atoms with Crippen molar-refractivity contribution in [2.24, 2.45) is 0 Å². The number of hydrogen-bond donors (Lipinski definition) is 1. The maximum absolute atomic E-state index is 11.4. The second-order valence-corrected chi connectivity index (χ2v) is 8.04. The molecule has 0 aromatic carbocycles. The first-order chi connectivity index (χ1) is 15.1. The van der Waals surface area contributed by atoms with E-state index in [1.54, 1.807) is 25.6 Å². The van der Waals surface area contributed by atoms with E-state index in [-0.39, 0.29) is 12.3 Å². The summed E-state index contributed by atoms with van der Waals surface area (Å²) >= 11 is 0. The van der Waals surface area contributed by atoms with Gasteiger partial charge in [0.05, 0.1) is 19.7 Å². The topological polar surface area (TPSA) is 90.1 Å². The van der Waals surface area contributed by atoms with Crippen LogP contribution in [0.3, 0.4) is 0 Å². The van der Waals surface area contributed by atoms with Crippen LogP contribution in [-0.4, -0.2) is 37.9 Å². The zero-order valence-electron chi connectivity index (χ0n) is 17.8. The Hall–Kier alpha value is -3.22. The van der Waals surface area contributed by atoms with Crippen LogP contribution >= 0.6 is 0 Å². The highest BCUT2D eigenvalue weighted by Gasteiger charge is 2.20. The average molecular weight is 421 g/mol. The largest absolute Gasteiger partial charge is 0.481 e. The monoisotopic (exact) mass is 420 g/mol. The summed E-state index contributed by atoms with van der Waals surface area (Å²) in [6.07, 6.45) is 11.9. The number of pyridine rings is 2. The van der Waals surface area contributed by atoms with Gasteiger partial charge in [-0.25, -0.2) is 4.98 Å². The van der Waals surface area contributed by atoms with E-state index in [1.807, 2.05) is 16.9 Å². The lowest BCUT2D eigenvalue weighted by Crippen LogP contribution is -2.08. The van der Waals surface area contributed by atoms with E-state index < -0.39 is 5.97 Å². The number of carboxylic acids is 1. The lowest BCUT2D eigenvalue weighted by Gasteiger charge is -2.15. The van der Waals surface area contributed by atoms with Gasteiger partial charge >= 0.3 is 5.97 Å². The first-order valence-electron chi connectivity index (χ1n) is 10.8. The molecule has 0 fully saturated rings. The Morgan fingerprint density at radius 3 is 2.81 bits per heavy atom. The highest BCUT2D eigenvalue weighted by molar-refractivity contribution is 5.69. The number of methoxy groups -OCH3 is 1. The minimum absolute atomic E-state index is 0.0151. The van der Waals surface area contributed by atoms with Crippen LogP contribution in [-0.2, 0) is 30.6 Å². The summed E-state index contributed by atoms with van der Waals surface area (Å²) in [6.45, 7) is 0.763. The highest BCUT2D eigenvalue weighted by atomic mass is 16.5. The van der Waals surface area contributed by atoms with Crippen molar-refractivity contribution < 1.29 is 14.6 Å². The van der Waals surface area contributed by atoms with Crippen LogP contribution in [0.5, 0.6) is 5.88 Å². The number of nitrogens with zero attached hydrogens (tertiary/aromatic N) is 4. The Kier molecular flexibility index (Phi) is 6.60. The second kappa shape index (κ2) is 9.73. The Morgan fingerprint density at radius 1 is 1.16 bits per heavy atom. The number of carbonyl (C=O) groups is 1. The Bertz CT molecular complexity index is 1030. The fourth-order valence-corrected chi connectivity index (χ4v) is 4.19. The van der Waals surface area contributed by atoms with E-state index in [0.29, 0.717) is 5.88 Å². The summed E-state index contributed by atoms with van der Waals surface area (Å²) in [7, 11) is 1.56. The van der Waals surface area contributed by atoms with Gasteiger partial charge in [0, 0.05) is 42.3 Å². The molecular formula is C24H28N4O3. The van der Waals surface area contributed by atoms with Crippen molar-refractivity contribution in [3.8, 4) is 5.88 Å².